The lowest BCUT2D eigenvalue weighted by molar-refractivity contribution is 0.124. The van der Waals surface area contributed by atoms with Gasteiger partial charge in [-0.25, -0.2) is 0 Å². The van der Waals surface area contributed by atoms with E-state index in [-0.39, 0.29) is 0 Å². The van der Waals surface area contributed by atoms with E-state index >= 15 is 0 Å². The summed E-state index contributed by atoms with van der Waals surface area (Å²) in [6.07, 6.45) is 4.16. The number of rotatable bonds is 5. The first-order valence-corrected chi connectivity index (χ1v) is 10.1. The Bertz CT molecular complexity index is 709. The second-order valence-corrected chi connectivity index (χ2v) is 8.37. The van der Waals surface area contributed by atoms with E-state index in [0.29, 0.717) is 18.0 Å². The van der Waals surface area contributed by atoms with Crippen molar-refractivity contribution in [2.24, 2.45) is 17.8 Å². The maximum absolute atomic E-state index is 5.39. The fraction of sp³-hybridized carbons (Fsp3) is 0.500. The molecule has 0 unspecified atom stereocenters. The van der Waals surface area contributed by atoms with Crippen LogP contribution in [-0.2, 0) is 6.54 Å². The fourth-order valence-electron chi connectivity index (χ4n) is 5.63. The van der Waals surface area contributed by atoms with Crippen molar-refractivity contribution in [1.82, 2.24) is 4.90 Å². The van der Waals surface area contributed by atoms with Crippen molar-refractivity contribution >= 4 is 0 Å². The summed E-state index contributed by atoms with van der Waals surface area (Å²) in [5.41, 5.74) is 2.89. The molecule has 2 fully saturated rings. The minimum Gasteiger partial charge on any atom is -0.497 e. The van der Waals surface area contributed by atoms with Gasteiger partial charge in [0, 0.05) is 18.6 Å². The molecule has 1 heterocycles. The van der Waals surface area contributed by atoms with Crippen molar-refractivity contribution < 1.29 is 4.74 Å². The van der Waals surface area contributed by atoms with Gasteiger partial charge < -0.3 is 4.74 Å². The third-order valence-corrected chi connectivity index (χ3v) is 6.56. The Labute approximate surface area is 158 Å². The van der Waals surface area contributed by atoms with E-state index in [1.54, 1.807) is 7.11 Å². The van der Waals surface area contributed by atoms with Crippen LogP contribution in [-0.4, -0.2) is 18.1 Å². The van der Waals surface area contributed by atoms with Crippen LogP contribution in [0.3, 0.4) is 0 Å². The van der Waals surface area contributed by atoms with Crippen molar-refractivity contribution in [3.8, 4) is 5.75 Å². The minimum absolute atomic E-state index is 0.529. The summed E-state index contributed by atoms with van der Waals surface area (Å²) >= 11 is 0. The molecule has 0 bridgehead atoms. The van der Waals surface area contributed by atoms with E-state index in [1.165, 1.54) is 30.4 Å². The molecule has 1 aliphatic carbocycles. The predicted octanol–water partition coefficient (Wildman–Crippen LogP) is 5.69. The number of likely N-dealkylation sites (tertiary alicyclic amines) is 1. The van der Waals surface area contributed by atoms with Gasteiger partial charge in [0.05, 0.1) is 7.11 Å². The summed E-state index contributed by atoms with van der Waals surface area (Å²) in [4.78, 5) is 2.82. The molecule has 26 heavy (non-hydrogen) atoms. The summed E-state index contributed by atoms with van der Waals surface area (Å²) in [6, 6.07) is 21.0. The second kappa shape index (κ2) is 7.44. The van der Waals surface area contributed by atoms with Gasteiger partial charge in [0.15, 0.2) is 0 Å². The predicted molar refractivity (Wildman–Crippen MR) is 107 cm³/mol. The summed E-state index contributed by atoms with van der Waals surface area (Å²) in [6.45, 7) is 5.87. The third-order valence-electron chi connectivity index (χ3n) is 6.56. The first kappa shape index (κ1) is 17.6. The highest BCUT2D eigenvalue weighted by Crippen LogP contribution is 2.54. The summed E-state index contributed by atoms with van der Waals surface area (Å²) in [5.74, 6) is 3.27. The van der Waals surface area contributed by atoms with Crippen LogP contribution in [0.2, 0.25) is 0 Å². The monoisotopic (exact) mass is 349 g/mol. The molecular weight excluding hydrogens is 318 g/mol. The van der Waals surface area contributed by atoms with Gasteiger partial charge in [0.2, 0.25) is 0 Å². The average Bonchev–Trinajstić information content (AvgIpc) is 3.22. The quantitative estimate of drug-likeness (QED) is 0.687. The molecule has 4 atom stereocenters. The van der Waals surface area contributed by atoms with Crippen molar-refractivity contribution in [3.05, 3.63) is 65.7 Å². The summed E-state index contributed by atoms with van der Waals surface area (Å²) < 4.78 is 5.39. The van der Waals surface area contributed by atoms with Gasteiger partial charge in [0.25, 0.3) is 0 Å². The molecule has 2 heteroatoms. The number of ether oxygens (including phenoxy) is 1. The Morgan fingerprint density at radius 1 is 0.962 bits per heavy atom. The van der Waals surface area contributed by atoms with Crippen LogP contribution in [0.5, 0.6) is 5.75 Å². The number of hydrogen-bond acceptors (Lipinski definition) is 2. The standard InChI is InChI=1S/C24H31NO/c1-17(2)23-21-10-7-11-22(21)24(19-12-14-20(26-3)15-13-19)25(23)16-18-8-5-4-6-9-18/h4-6,8-9,12-15,17,21-24H,7,10-11,16H2,1-3H3/t21-,22+,23+,24-/m0/s1. The first-order chi connectivity index (χ1) is 12.7. The zero-order valence-electron chi connectivity index (χ0n) is 16.3. The van der Waals surface area contributed by atoms with Crippen LogP contribution in [0, 0.1) is 17.8 Å². The Balaban J connectivity index is 1.71. The van der Waals surface area contributed by atoms with Crippen LogP contribution >= 0.6 is 0 Å². The zero-order chi connectivity index (χ0) is 18.1. The Morgan fingerprint density at radius 2 is 1.65 bits per heavy atom. The minimum atomic E-state index is 0.529. The molecule has 0 aromatic heterocycles. The number of nitrogens with zero attached hydrogens (tertiary/aromatic N) is 1. The molecule has 2 aliphatic rings. The molecule has 1 aliphatic heterocycles. The highest BCUT2D eigenvalue weighted by atomic mass is 16.5. The van der Waals surface area contributed by atoms with E-state index in [2.05, 4.69) is 73.3 Å². The third kappa shape index (κ3) is 3.16. The van der Waals surface area contributed by atoms with Crippen LogP contribution in [0.25, 0.3) is 0 Å². The maximum Gasteiger partial charge on any atom is 0.118 e. The van der Waals surface area contributed by atoms with Gasteiger partial charge in [-0.1, -0.05) is 62.7 Å². The smallest absolute Gasteiger partial charge is 0.118 e. The number of hydrogen-bond donors (Lipinski definition) is 0. The SMILES string of the molecule is COc1ccc([C@H]2[C@@H]3CCC[C@@H]3[C@@H](C(C)C)N2Cc2ccccc2)cc1. The van der Waals surface area contributed by atoms with E-state index in [1.807, 2.05) is 0 Å². The number of methoxy groups -OCH3 is 1. The normalized spacial score (nSPS) is 28.5. The van der Waals surface area contributed by atoms with Crippen molar-refractivity contribution in [1.29, 1.82) is 0 Å². The van der Waals surface area contributed by atoms with Crippen LogP contribution in [0.1, 0.15) is 50.3 Å². The molecule has 0 radical (unpaired) electrons. The van der Waals surface area contributed by atoms with E-state index in [9.17, 15) is 0 Å². The Morgan fingerprint density at radius 3 is 2.31 bits per heavy atom. The molecule has 0 spiro atoms. The van der Waals surface area contributed by atoms with Crippen molar-refractivity contribution in [2.75, 3.05) is 7.11 Å². The van der Waals surface area contributed by atoms with Gasteiger partial charge in [-0.3, -0.25) is 4.90 Å². The fourth-order valence-corrected chi connectivity index (χ4v) is 5.63. The Kier molecular flexibility index (Phi) is 5.04. The lowest BCUT2D eigenvalue weighted by atomic mass is 9.84. The van der Waals surface area contributed by atoms with Crippen molar-refractivity contribution in [3.63, 3.8) is 0 Å². The summed E-state index contributed by atoms with van der Waals surface area (Å²) in [7, 11) is 1.74. The van der Waals surface area contributed by atoms with Gasteiger partial charge in [-0.05, 0) is 53.9 Å². The van der Waals surface area contributed by atoms with Gasteiger partial charge in [-0.15, -0.1) is 0 Å². The molecule has 2 aromatic rings. The molecule has 4 rings (SSSR count). The van der Waals surface area contributed by atoms with Gasteiger partial charge in [-0.2, -0.15) is 0 Å². The zero-order valence-corrected chi connectivity index (χ0v) is 16.3. The first-order valence-electron chi connectivity index (χ1n) is 10.1. The van der Waals surface area contributed by atoms with Crippen LogP contribution in [0.4, 0.5) is 0 Å². The van der Waals surface area contributed by atoms with Crippen molar-refractivity contribution in [2.45, 2.75) is 51.7 Å². The van der Waals surface area contributed by atoms with E-state index in [4.69, 9.17) is 4.74 Å². The largest absolute Gasteiger partial charge is 0.497 e. The topological polar surface area (TPSA) is 12.5 Å². The molecule has 1 saturated carbocycles. The lowest BCUT2D eigenvalue weighted by Crippen LogP contribution is -2.37. The van der Waals surface area contributed by atoms with Crippen LogP contribution < -0.4 is 4.74 Å². The molecule has 138 valence electrons. The van der Waals surface area contributed by atoms with Gasteiger partial charge >= 0.3 is 0 Å². The molecule has 0 amide bonds. The molecule has 1 saturated heterocycles. The van der Waals surface area contributed by atoms with Gasteiger partial charge in [0.1, 0.15) is 5.75 Å². The number of fused-ring (bicyclic) bond motifs is 1. The molecule has 2 aromatic carbocycles. The molecule has 2 nitrogen and oxygen atoms in total. The maximum atomic E-state index is 5.39. The Hall–Kier alpha value is -1.80. The second-order valence-electron chi connectivity index (χ2n) is 8.37. The number of benzene rings is 2. The molecular formula is C24H31NO. The highest BCUT2D eigenvalue weighted by Gasteiger charge is 2.51. The highest BCUT2D eigenvalue weighted by molar-refractivity contribution is 5.31. The molecule has 0 N–H and O–H groups in total. The van der Waals surface area contributed by atoms with E-state index in [0.717, 1.165) is 24.1 Å². The average molecular weight is 350 g/mol. The van der Waals surface area contributed by atoms with Crippen LogP contribution in [0.15, 0.2) is 54.6 Å². The van der Waals surface area contributed by atoms with E-state index < -0.39 is 0 Å². The lowest BCUT2D eigenvalue weighted by Gasteiger charge is -2.35. The summed E-state index contributed by atoms with van der Waals surface area (Å²) in [5, 5.41) is 0.